The number of anilines is 2. The maximum absolute atomic E-state index is 14.1. The minimum atomic E-state index is -0.476. The lowest BCUT2D eigenvalue weighted by Crippen LogP contribution is -2.32. The van der Waals surface area contributed by atoms with Crippen molar-refractivity contribution in [3.05, 3.63) is 59.3 Å². The van der Waals surface area contributed by atoms with E-state index < -0.39 is 11.7 Å². The van der Waals surface area contributed by atoms with Crippen molar-refractivity contribution in [1.82, 2.24) is 24.6 Å². The Morgan fingerprint density at radius 2 is 2.12 bits per heavy atom. The predicted molar refractivity (Wildman–Crippen MR) is 114 cm³/mol. The van der Waals surface area contributed by atoms with Gasteiger partial charge in [-0.05, 0) is 25.0 Å². The van der Waals surface area contributed by atoms with Crippen molar-refractivity contribution in [3.63, 3.8) is 0 Å². The minimum absolute atomic E-state index is 0.113. The van der Waals surface area contributed by atoms with Crippen LogP contribution in [-0.4, -0.2) is 49.5 Å². The molecule has 5 heterocycles. The zero-order chi connectivity index (χ0) is 22.2. The summed E-state index contributed by atoms with van der Waals surface area (Å²) in [4.78, 5) is 23.0. The van der Waals surface area contributed by atoms with Gasteiger partial charge in [0.1, 0.15) is 29.9 Å². The number of carbonyl (C=O) groups is 1. The lowest BCUT2D eigenvalue weighted by atomic mass is 10.0. The standard InChI is InChI=1S/C21H21FN8O2/c22-13-9-14-16-2-1-5-29(16)19(24)15-8-12(10-25-18(15)23)20(31)28-17-3-4-27-30(17)6-7-32-21(14)26-11-13/h3-4,8-11,16,24H,1-2,5-7H2,(H2,23,25)(H,28,31)/t16-/m1/s1. The van der Waals surface area contributed by atoms with Crippen LogP contribution in [0.15, 0.2) is 36.8 Å². The highest BCUT2D eigenvalue weighted by Gasteiger charge is 2.33. The van der Waals surface area contributed by atoms with Crippen molar-refractivity contribution in [2.24, 2.45) is 0 Å². The Bertz CT molecular complexity index is 1210. The maximum atomic E-state index is 14.1. The molecule has 5 rings (SSSR count). The molecule has 2 aliphatic rings. The van der Waals surface area contributed by atoms with Gasteiger partial charge in [0.05, 0.1) is 36.1 Å². The van der Waals surface area contributed by atoms with Crippen molar-refractivity contribution >= 4 is 23.4 Å². The molecule has 11 heteroatoms. The molecule has 32 heavy (non-hydrogen) atoms. The monoisotopic (exact) mass is 436 g/mol. The Hall–Kier alpha value is -4.02. The SMILES string of the molecule is N=C1c2cc(cnc2N)C(=O)Nc2ccnn2CCOc2ncc(F)cc2[C@H]2CCCN12. The molecule has 0 aliphatic carbocycles. The van der Waals surface area contributed by atoms with E-state index >= 15 is 0 Å². The van der Waals surface area contributed by atoms with E-state index in [0.717, 1.165) is 12.6 Å². The molecule has 1 amide bonds. The van der Waals surface area contributed by atoms with Crippen molar-refractivity contribution in [2.45, 2.75) is 25.4 Å². The number of nitrogen functional groups attached to an aromatic ring is 1. The van der Waals surface area contributed by atoms with Gasteiger partial charge in [-0.25, -0.2) is 19.0 Å². The summed E-state index contributed by atoms with van der Waals surface area (Å²) in [6.07, 6.45) is 5.55. The third-order valence-electron chi connectivity index (χ3n) is 5.68. The molecule has 4 N–H and O–H groups in total. The molecule has 0 unspecified atom stereocenters. The smallest absolute Gasteiger partial charge is 0.258 e. The summed E-state index contributed by atoms with van der Waals surface area (Å²) < 4.78 is 21.6. The molecule has 0 radical (unpaired) electrons. The van der Waals surface area contributed by atoms with Crippen LogP contribution in [0, 0.1) is 11.2 Å². The Morgan fingerprint density at radius 1 is 1.25 bits per heavy atom. The fourth-order valence-electron chi connectivity index (χ4n) is 4.14. The summed E-state index contributed by atoms with van der Waals surface area (Å²) in [5.41, 5.74) is 7.24. The zero-order valence-corrected chi connectivity index (χ0v) is 17.1. The van der Waals surface area contributed by atoms with Crippen molar-refractivity contribution in [2.75, 3.05) is 24.2 Å². The van der Waals surface area contributed by atoms with Crippen molar-refractivity contribution in [1.29, 1.82) is 5.41 Å². The number of rotatable bonds is 0. The number of halogens is 1. The van der Waals surface area contributed by atoms with Crippen LogP contribution in [0.1, 0.15) is 40.4 Å². The molecule has 2 bridgehead atoms. The van der Waals surface area contributed by atoms with E-state index in [4.69, 9.17) is 15.9 Å². The van der Waals surface area contributed by atoms with Crippen LogP contribution >= 0.6 is 0 Å². The molecule has 2 aliphatic heterocycles. The fraction of sp³-hybridized carbons (Fsp3) is 0.286. The highest BCUT2D eigenvalue weighted by atomic mass is 19.1. The Balaban J connectivity index is 1.63. The molecule has 0 saturated carbocycles. The first-order valence-corrected chi connectivity index (χ1v) is 10.2. The van der Waals surface area contributed by atoms with Crippen LogP contribution in [0.3, 0.4) is 0 Å². The van der Waals surface area contributed by atoms with Crippen LogP contribution in [0.25, 0.3) is 0 Å². The normalized spacial score (nSPS) is 18.5. The first-order chi connectivity index (χ1) is 15.5. The Morgan fingerprint density at radius 3 is 3.00 bits per heavy atom. The first kappa shape index (κ1) is 19.9. The van der Waals surface area contributed by atoms with Gasteiger partial charge in [0, 0.05) is 24.4 Å². The quantitative estimate of drug-likeness (QED) is 0.492. The number of nitrogens with zero attached hydrogens (tertiary/aromatic N) is 5. The number of amidine groups is 1. The average Bonchev–Trinajstić information content (AvgIpc) is 3.44. The molecule has 1 saturated heterocycles. The van der Waals surface area contributed by atoms with E-state index in [1.54, 1.807) is 23.0 Å². The van der Waals surface area contributed by atoms with Gasteiger partial charge in [-0.3, -0.25) is 10.2 Å². The summed E-state index contributed by atoms with van der Waals surface area (Å²) >= 11 is 0. The molecule has 10 nitrogen and oxygen atoms in total. The van der Waals surface area contributed by atoms with E-state index in [1.165, 1.54) is 12.3 Å². The van der Waals surface area contributed by atoms with Crippen LogP contribution in [0.5, 0.6) is 5.88 Å². The number of hydrogen-bond donors (Lipinski definition) is 3. The summed E-state index contributed by atoms with van der Waals surface area (Å²) in [5.74, 6) is 0.172. The van der Waals surface area contributed by atoms with E-state index in [-0.39, 0.29) is 29.9 Å². The van der Waals surface area contributed by atoms with Gasteiger partial charge in [0.25, 0.3) is 5.91 Å². The van der Waals surface area contributed by atoms with Gasteiger partial charge in [0.15, 0.2) is 0 Å². The highest BCUT2D eigenvalue weighted by Crippen LogP contribution is 2.38. The molecule has 3 aromatic rings. The third-order valence-corrected chi connectivity index (χ3v) is 5.68. The molecule has 1 atom stereocenters. The molecule has 0 aromatic carbocycles. The number of nitrogens with two attached hydrogens (primary N) is 1. The van der Waals surface area contributed by atoms with Gasteiger partial charge in [-0.15, -0.1) is 0 Å². The van der Waals surface area contributed by atoms with E-state index in [2.05, 4.69) is 20.4 Å². The number of pyridine rings is 2. The number of carbonyl (C=O) groups excluding carboxylic acids is 1. The second-order valence-corrected chi connectivity index (χ2v) is 7.65. The van der Waals surface area contributed by atoms with Gasteiger partial charge >= 0.3 is 0 Å². The van der Waals surface area contributed by atoms with E-state index in [1.807, 2.05) is 4.90 Å². The molecule has 0 spiro atoms. The Labute approximate surface area is 182 Å². The van der Waals surface area contributed by atoms with Gasteiger partial charge in [-0.2, -0.15) is 5.10 Å². The second-order valence-electron chi connectivity index (χ2n) is 7.65. The largest absolute Gasteiger partial charge is 0.475 e. The third kappa shape index (κ3) is 3.51. The number of amides is 1. The van der Waals surface area contributed by atoms with Gasteiger partial charge in [-0.1, -0.05) is 0 Å². The lowest BCUT2D eigenvalue weighted by molar-refractivity contribution is 0.102. The molecule has 1 fully saturated rings. The molecular formula is C21H21FN8O2. The van der Waals surface area contributed by atoms with Gasteiger partial charge < -0.3 is 20.7 Å². The van der Waals surface area contributed by atoms with E-state index in [0.29, 0.717) is 42.3 Å². The molecule has 3 aromatic heterocycles. The lowest BCUT2D eigenvalue weighted by Gasteiger charge is -2.28. The summed E-state index contributed by atoms with van der Waals surface area (Å²) in [5, 5.41) is 15.8. The highest BCUT2D eigenvalue weighted by molar-refractivity contribution is 6.07. The molecular weight excluding hydrogens is 415 g/mol. The van der Waals surface area contributed by atoms with Crippen LogP contribution in [0.4, 0.5) is 16.0 Å². The average molecular weight is 436 g/mol. The number of nitrogens with one attached hydrogen (secondary N) is 2. The van der Waals surface area contributed by atoms with Crippen LogP contribution < -0.4 is 15.8 Å². The Kier molecular flexibility index (Phi) is 4.92. The van der Waals surface area contributed by atoms with Gasteiger partial charge in [0.2, 0.25) is 5.88 Å². The second kappa shape index (κ2) is 7.91. The number of ether oxygens (including phenoxy) is 1. The minimum Gasteiger partial charge on any atom is -0.475 e. The van der Waals surface area contributed by atoms with Crippen molar-refractivity contribution in [3.8, 4) is 5.88 Å². The number of fused-ring (bicyclic) bond motifs is 6. The number of aromatic nitrogens is 4. The summed E-state index contributed by atoms with van der Waals surface area (Å²) in [6, 6.07) is 4.31. The van der Waals surface area contributed by atoms with Crippen molar-refractivity contribution < 1.29 is 13.9 Å². The summed E-state index contributed by atoms with van der Waals surface area (Å²) in [6.45, 7) is 1.13. The topological polar surface area (TPSA) is 135 Å². The fourth-order valence-corrected chi connectivity index (χ4v) is 4.14. The number of hydrogen-bond acceptors (Lipinski definition) is 7. The van der Waals surface area contributed by atoms with Crippen LogP contribution in [0.2, 0.25) is 0 Å². The maximum Gasteiger partial charge on any atom is 0.258 e. The van der Waals surface area contributed by atoms with Crippen LogP contribution in [-0.2, 0) is 6.54 Å². The van der Waals surface area contributed by atoms with E-state index in [9.17, 15) is 9.18 Å². The predicted octanol–water partition coefficient (Wildman–Crippen LogP) is 2.20. The first-order valence-electron chi connectivity index (χ1n) is 10.2. The zero-order valence-electron chi connectivity index (χ0n) is 17.1. The molecule has 164 valence electrons. The summed E-state index contributed by atoms with van der Waals surface area (Å²) in [7, 11) is 0.